The van der Waals surface area contributed by atoms with Crippen molar-refractivity contribution in [2.75, 3.05) is 18.5 Å². The van der Waals surface area contributed by atoms with Crippen molar-refractivity contribution in [2.24, 2.45) is 0 Å². The van der Waals surface area contributed by atoms with Gasteiger partial charge < -0.3 is 5.73 Å². The molecule has 0 heterocycles. The van der Waals surface area contributed by atoms with Gasteiger partial charge in [0.25, 0.3) is 0 Å². The van der Waals surface area contributed by atoms with Crippen molar-refractivity contribution in [1.82, 2.24) is 4.72 Å². The SMILES string of the molecule is CSC1(CNS(=O)(=O)c2ccc(N)cc2Cl)CCCCC1. The molecular weight excluding hydrogens is 328 g/mol. The fraction of sp³-hybridized carbons (Fsp3) is 0.571. The van der Waals surface area contributed by atoms with Gasteiger partial charge in [-0.15, -0.1) is 0 Å². The quantitative estimate of drug-likeness (QED) is 0.801. The molecule has 2 rings (SSSR count). The minimum Gasteiger partial charge on any atom is -0.399 e. The van der Waals surface area contributed by atoms with Gasteiger partial charge in [0, 0.05) is 17.0 Å². The average molecular weight is 349 g/mol. The highest BCUT2D eigenvalue weighted by atomic mass is 35.5. The number of nitrogens with two attached hydrogens (primary N) is 1. The van der Waals surface area contributed by atoms with E-state index in [0.717, 1.165) is 25.7 Å². The van der Waals surface area contributed by atoms with Crippen LogP contribution in [0.25, 0.3) is 0 Å². The Bertz CT molecular complexity index is 599. The number of thioether (sulfide) groups is 1. The van der Waals surface area contributed by atoms with Gasteiger partial charge in [0.2, 0.25) is 10.0 Å². The largest absolute Gasteiger partial charge is 0.399 e. The highest BCUT2D eigenvalue weighted by molar-refractivity contribution is 8.00. The number of hydrogen-bond donors (Lipinski definition) is 2. The van der Waals surface area contributed by atoms with Gasteiger partial charge in [-0.25, -0.2) is 13.1 Å². The lowest BCUT2D eigenvalue weighted by atomic mass is 9.88. The van der Waals surface area contributed by atoms with Crippen molar-refractivity contribution in [3.8, 4) is 0 Å². The third-order valence-corrected chi connectivity index (χ3v) is 7.33. The molecule has 118 valence electrons. The van der Waals surface area contributed by atoms with Crippen molar-refractivity contribution >= 4 is 39.1 Å². The smallest absolute Gasteiger partial charge is 0.242 e. The molecule has 7 heteroatoms. The van der Waals surface area contributed by atoms with E-state index in [1.165, 1.54) is 18.6 Å². The van der Waals surface area contributed by atoms with E-state index >= 15 is 0 Å². The molecule has 1 aromatic rings. The molecule has 1 fully saturated rings. The van der Waals surface area contributed by atoms with Crippen molar-refractivity contribution in [3.63, 3.8) is 0 Å². The highest BCUT2D eigenvalue weighted by Crippen LogP contribution is 2.38. The van der Waals surface area contributed by atoms with E-state index in [0.29, 0.717) is 12.2 Å². The van der Waals surface area contributed by atoms with Crippen LogP contribution in [0.15, 0.2) is 23.1 Å². The fourth-order valence-electron chi connectivity index (χ4n) is 2.69. The van der Waals surface area contributed by atoms with Crippen LogP contribution in [0.1, 0.15) is 32.1 Å². The Morgan fingerprint density at radius 1 is 1.33 bits per heavy atom. The third kappa shape index (κ3) is 4.06. The average Bonchev–Trinajstić information content (AvgIpc) is 2.46. The number of hydrogen-bond acceptors (Lipinski definition) is 4. The van der Waals surface area contributed by atoms with Gasteiger partial charge in [-0.05, 0) is 37.3 Å². The second-order valence-electron chi connectivity index (χ2n) is 5.46. The Balaban J connectivity index is 2.13. The first kappa shape index (κ1) is 16.9. The summed E-state index contributed by atoms with van der Waals surface area (Å²) in [4.78, 5) is 0.0884. The van der Waals surface area contributed by atoms with E-state index in [1.54, 1.807) is 17.8 Å². The molecule has 1 aliphatic carbocycles. The lowest BCUT2D eigenvalue weighted by molar-refractivity contribution is 0.395. The van der Waals surface area contributed by atoms with Crippen LogP contribution in [-0.2, 0) is 10.0 Å². The summed E-state index contributed by atoms with van der Waals surface area (Å²) < 4.78 is 27.6. The Kier molecular flexibility index (Phi) is 5.46. The number of benzene rings is 1. The molecule has 0 spiro atoms. The molecule has 0 atom stereocenters. The van der Waals surface area contributed by atoms with E-state index in [-0.39, 0.29) is 14.7 Å². The minimum absolute atomic E-state index is 0.00556. The molecule has 0 aliphatic heterocycles. The number of halogens is 1. The molecule has 21 heavy (non-hydrogen) atoms. The van der Waals surface area contributed by atoms with Crippen LogP contribution in [0.5, 0.6) is 0 Å². The molecule has 1 aromatic carbocycles. The van der Waals surface area contributed by atoms with Crippen LogP contribution >= 0.6 is 23.4 Å². The van der Waals surface area contributed by atoms with E-state index in [9.17, 15) is 8.42 Å². The summed E-state index contributed by atoms with van der Waals surface area (Å²) in [5, 5.41) is 0.157. The predicted molar refractivity (Wildman–Crippen MR) is 90.4 cm³/mol. The van der Waals surface area contributed by atoms with E-state index < -0.39 is 10.0 Å². The van der Waals surface area contributed by atoms with Crippen LogP contribution in [0.2, 0.25) is 5.02 Å². The first-order valence-electron chi connectivity index (χ1n) is 6.98. The number of anilines is 1. The first-order valence-corrected chi connectivity index (χ1v) is 10.1. The van der Waals surface area contributed by atoms with Crippen molar-refractivity contribution in [3.05, 3.63) is 23.2 Å². The molecular formula is C14H21ClN2O2S2. The molecule has 1 saturated carbocycles. The second-order valence-corrected chi connectivity index (χ2v) is 8.88. The Morgan fingerprint density at radius 2 is 2.00 bits per heavy atom. The Morgan fingerprint density at radius 3 is 2.57 bits per heavy atom. The number of sulfonamides is 1. The van der Waals surface area contributed by atoms with E-state index in [2.05, 4.69) is 11.0 Å². The number of rotatable bonds is 5. The zero-order valence-corrected chi connectivity index (χ0v) is 14.5. The molecule has 0 aromatic heterocycles. The Hall–Kier alpha value is -0.430. The Labute approximate surface area is 135 Å². The number of nitrogen functional groups attached to an aromatic ring is 1. The summed E-state index contributed by atoms with van der Waals surface area (Å²) >= 11 is 7.76. The zero-order valence-electron chi connectivity index (χ0n) is 12.1. The highest BCUT2D eigenvalue weighted by Gasteiger charge is 2.33. The van der Waals surface area contributed by atoms with Gasteiger partial charge in [-0.3, -0.25) is 0 Å². The molecule has 4 nitrogen and oxygen atoms in total. The van der Waals surface area contributed by atoms with Gasteiger partial charge in [-0.2, -0.15) is 11.8 Å². The van der Waals surface area contributed by atoms with Gasteiger partial charge in [0.15, 0.2) is 0 Å². The third-order valence-electron chi connectivity index (χ3n) is 4.03. The summed E-state index contributed by atoms with van der Waals surface area (Å²) in [7, 11) is -3.61. The molecule has 1 aliphatic rings. The zero-order chi connectivity index (χ0) is 15.5. The molecule has 0 saturated heterocycles. The van der Waals surface area contributed by atoms with Crippen LogP contribution in [0, 0.1) is 0 Å². The maximum absolute atomic E-state index is 12.4. The van der Waals surface area contributed by atoms with Crippen LogP contribution in [0.3, 0.4) is 0 Å². The number of nitrogens with one attached hydrogen (secondary N) is 1. The first-order chi connectivity index (χ1) is 9.88. The molecule has 0 radical (unpaired) electrons. The van der Waals surface area contributed by atoms with E-state index in [4.69, 9.17) is 17.3 Å². The van der Waals surface area contributed by atoms with Crippen molar-refractivity contribution < 1.29 is 8.42 Å². The minimum atomic E-state index is -3.61. The van der Waals surface area contributed by atoms with Crippen molar-refractivity contribution in [1.29, 1.82) is 0 Å². The van der Waals surface area contributed by atoms with Crippen LogP contribution < -0.4 is 10.5 Å². The summed E-state index contributed by atoms with van der Waals surface area (Å²) in [6, 6.07) is 4.46. The molecule has 0 bridgehead atoms. The monoisotopic (exact) mass is 348 g/mol. The summed E-state index contributed by atoms with van der Waals surface area (Å²) in [6.45, 7) is 0.442. The molecule has 0 amide bonds. The summed E-state index contributed by atoms with van der Waals surface area (Å²) in [5.41, 5.74) is 6.05. The predicted octanol–water partition coefficient (Wildman–Crippen LogP) is 3.27. The van der Waals surface area contributed by atoms with Crippen LogP contribution in [-0.4, -0.2) is 26.0 Å². The maximum atomic E-state index is 12.4. The lowest BCUT2D eigenvalue weighted by Crippen LogP contribution is -2.41. The second kappa shape index (κ2) is 6.77. The lowest BCUT2D eigenvalue weighted by Gasteiger charge is -2.35. The van der Waals surface area contributed by atoms with Gasteiger partial charge >= 0.3 is 0 Å². The summed E-state index contributed by atoms with van der Waals surface area (Å²) in [5.74, 6) is 0. The van der Waals surface area contributed by atoms with Gasteiger partial charge in [0.1, 0.15) is 4.90 Å². The van der Waals surface area contributed by atoms with Crippen LogP contribution in [0.4, 0.5) is 5.69 Å². The molecule has 3 N–H and O–H groups in total. The maximum Gasteiger partial charge on any atom is 0.242 e. The van der Waals surface area contributed by atoms with Gasteiger partial charge in [0.05, 0.1) is 5.02 Å². The van der Waals surface area contributed by atoms with Crippen molar-refractivity contribution in [2.45, 2.75) is 41.7 Å². The molecule has 0 unspecified atom stereocenters. The topological polar surface area (TPSA) is 72.2 Å². The fourth-order valence-corrected chi connectivity index (χ4v) is 5.37. The normalized spacial score (nSPS) is 18.6. The summed E-state index contributed by atoms with van der Waals surface area (Å²) in [6.07, 6.45) is 7.70. The van der Waals surface area contributed by atoms with Gasteiger partial charge in [-0.1, -0.05) is 30.9 Å². The van der Waals surface area contributed by atoms with E-state index in [1.807, 2.05) is 0 Å². The standard InChI is InChI=1S/C14H21ClN2O2S2/c1-20-14(7-3-2-4-8-14)10-17-21(18,19)13-6-5-11(16)9-12(13)15/h5-6,9,17H,2-4,7-8,10,16H2,1H3.